The predicted octanol–water partition coefficient (Wildman–Crippen LogP) is 1.40. The van der Waals surface area contributed by atoms with E-state index in [4.69, 9.17) is 0 Å². The van der Waals surface area contributed by atoms with Gasteiger partial charge in [-0.25, -0.2) is 0 Å². The quantitative estimate of drug-likeness (QED) is 0.500. The van der Waals surface area contributed by atoms with E-state index in [9.17, 15) is 24.8 Å². The first-order valence-corrected chi connectivity index (χ1v) is 6.68. The topological polar surface area (TPSA) is 122 Å². The number of Topliss-reactive ketones (excluding diaryl/α,β-unsaturated/α-hetero) is 1. The van der Waals surface area contributed by atoms with Crippen molar-refractivity contribution >= 4 is 23.1 Å². The van der Waals surface area contributed by atoms with Gasteiger partial charge in [0.2, 0.25) is 0 Å². The van der Waals surface area contributed by atoms with E-state index in [-0.39, 0.29) is 16.9 Å². The van der Waals surface area contributed by atoms with Gasteiger partial charge in [0.15, 0.2) is 11.4 Å². The molecule has 23 heavy (non-hydrogen) atoms. The lowest BCUT2D eigenvalue weighted by molar-refractivity contribution is -0.385. The first-order valence-electron chi connectivity index (χ1n) is 6.68. The molecular formula is C15H11N3O5. The molecule has 1 aromatic heterocycles. The van der Waals surface area contributed by atoms with Crippen LogP contribution in [0.2, 0.25) is 0 Å². The molecule has 1 aromatic carbocycles. The van der Waals surface area contributed by atoms with Crippen LogP contribution in [0.15, 0.2) is 42.7 Å². The van der Waals surface area contributed by atoms with Crippen LogP contribution >= 0.6 is 0 Å². The summed E-state index contributed by atoms with van der Waals surface area (Å²) in [7, 11) is 0. The number of carbonyl (C=O) groups excluding carboxylic acids is 2. The molecule has 1 aliphatic rings. The Kier molecular flexibility index (Phi) is 3.38. The number of nitrogens with zero attached hydrogens (tertiary/aromatic N) is 2. The number of benzene rings is 1. The monoisotopic (exact) mass is 313 g/mol. The average molecular weight is 313 g/mol. The molecule has 0 bridgehead atoms. The number of hydrogen-bond donors (Lipinski definition) is 2. The van der Waals surface area contributed by atoms with Crippen molar-refractivity contribution in [2.45, 2.75) is 12.0 Å². The van der Waals surface area contributed by atoms with Gasteiger partial charge >= 0.3 is 0 Å². The number of pyridine rings is 1. The smallest absolute Gasteiger partial charge is 0.269 e. The Morgan fingerprint density at radius 3 is 2.65 bits per heavy atom. The molecule has 0 unspecified atom stereocenters. The number of amides is 1. The van der Waals surface area contributed by atoms with Crippen LogP contribution in [-0.4, -0.2) is 26.7 Å². The lowest BCUT2D eigenvalue weighted by Gasteiger charge is -2.19. The molecule has 8 heteroatoms. The van der Waals surface area contributed by atoms with Crippen molar-refractivity contribution in [3.8, 4) is 0 Å². The Morgan fingerprint density at radius 2 is 2.00 bits per heavy atom. The number of carbonyl (C=O) groups is 2. The summed E-state index contributed by atoms with van der Waals surface area (Å²) in [6, 6.07) is 6.59. The second-order valence-corrected chi connectivity index (χ2v) is 5.14. The summed E-state index contributed by atoms with van der Waals surface area (Å²) in [4.78, 5) is 38.4. The van der Waals surface area contributed by atoms with E-state index in [1.54, 1.807) is 0 Å². The lowest BCUT2D eigenvalue weighted by Crippen LogP contribution is -2.36. The van der Waals surface area contributed by atoms with Gasteiger partial charge in [-0.1, -0.05) is 0 Å². The first kappa shape index (κ1) is 14.8. The number of aliphatic hydroxyl groups is 1. The third-order valence-electron chi connectivity index (χ3n) is 3.70. The molecule has 116 valence electrons. The van der Waals surface area contributed by atoms with Gasteiger partial charge in [0.25, 0.3) is 11.6 Å². The van der Waals surface area contributed by atoms with Gasteiger partial charge in [0, 0.05) is 41.3 Å². The fourth-order valence-electron chi connectivity index (χ4n) is 2.49. The molecule has 2 aromatic rings. The second kappa shape index (κ2) is 5.25. The van der Waals surface area contributed by atoms with Crippen molar-refractivity contribution in [3.05, 3.63) is 64.0 Å². The number of fused-ring (bicyclic) bond motifs is 1. The zero-order valence-electron chi connectivity index (χ0n) is 11.7. The number of nitrogens with one attached hydrogen (secondary N) is 1. The molecule has 1 aliphatic heterocycles. The predicted molar refractivity (Wildman–Crippen MR) is 78.8 cm³/mol. The Labute approximate surface area is 129 Å². The first-order chi connectivity index (χ1) is 10.9. The number of non-ortho nitro benzene ring substituents is 1. The van der Waals surface area contributed by atoms with Crippen molar-refractivity contribution < 1.29 is 19.6 Å². The maximum Gasteiger partial charge on any atom is 0.269 e. The highest BCUT2D eigenvalue weighted by molar-refractivity contribution is 6.09. The van der Waals surface area contributed by atoms with Gasteiger partial charge in [0.1, 0.15) is 0 Å². The molecule has 0 spiro atoms. The van der Waals surface area contributed by atoms with Gasteiger partial charge in [-0.2, -0.15) is 0 Å². The fraction of sp³-hybridized carbons (Fsp3) is 0.133. The maximum atomic E-state index is 12.3. The largest absolute Gasteiger partial charge is 0.375 e. The van der Waals surface area contributed by atoms with E-state index >= 15 is 0 Å². The molecule has 3 rings (SSSR count). The van der Waals surface area contributed by atoms with E-state index in [1.165, 1.54) is 36.7 Å². The van der Waals surface area contributed by atoms with E-state index < -0.39 is 28.6 Å². The van der Waals surface area contributed by atoms with Crippen molar-refractivity contribution in [1.82, 2.24) is 4.98 Å². The Hall–Kier alpha value is -3.13. The fourth-order valence-corrected chi connectivity index (χ4v) is 2.49. The van der Waals surface area contributed by atoms with Gasteiger partial charge in [0.05, 0.1) is 11.3 Å². The summed E-state index contributed by atoms with van der Waals surface area (Å²) in [5.74, 6) is -1.25. The number of anilines is 1. The minimum atomic E-state index is -2.14. The lowest BCUT2D eigenvalue weighted by atomic mass is 9.88. The summed E-state index contributed by atoms with van der Waals surface area (Å²) >= 11 is 0. The highest BCUT2D eigenvalue weighted by atomic mass is 16.6. The van der Waals surface area contributed by atoms with Crippen LogP contribution in [-0.2, 0) is 10.4 Å². The van der Waals surface area contributed by atoms with Gasteiger partial charge in [-0.15, -0.1) is 0 Å². The molecule has 8 nitrogen and oxygen atoms in total. The SMILES string of the molecule is O=C(C[C@]1(O)C(=O)Nc2ccc([N+](=O)[O-])cc21)c1ccncc1. The minimum absolute atomic E-state index is 0.0270. The van der Waals surface area contributed by atoms with Crippen LogP contribution in [0.1, 0.15) is 22.3 Å². The molecule has 0 saturated heterocycles. The molecule has 0 radical (unpaired) electrons. The second-order valence-electron chi connectivity index (χ2n) is 5.14. The third-order valence-corrected chi connectivity index (χ3v) is 3.70. The van der Waals surface area contributed by atoms with E-state index in [1.807, 2.05) is 0 Å². The summed E-state index contributed by atoms with van der Waals surface area (Å²) in [5.41, 5.74) is -1.83. The highest BCUT2D eigenvalue weighted by Crippen LogP contribution is 2.40. The Morgan fingerprint density at radius 1 is 1.30 bits per heavy atom. The number of aromatic nitrogens is 1. The normalized spacial score (nSPS) is 19.1. The molecule has 0 fully saturated rings. The van der Waals surface area contributed by atoms with E-state index in [0.717, 1.165) is 6.07 Å². The zero-order chi connectivity index (χ0) is 16.6. The van der Waals surface area contributed by atoms with Crippen molar-refractivity contribution in [2.24, 2.45) is 0 Å². The maximum absolute atomic E-state index is 12.3. The number of hydrogen-bond acceptors (Lipinski definition) is 6. The Balaban J connectivity index is 1.99. The van der Waals surface area contributed by atoms with Crippen LogP contribution in [0.4, 0.5) is 11.4 Å². The average Bonchev–Trinajstić information content (AvgIpc) is 2.79. The molecule has 2 N–H and O–H groups in total. The minimum Gasteiger partial charge on any atom is -0.375 e. The molecule has 1 amide bonds. The summed E-state index contributed by atoms with van der Waals surface area (Å²) < 4.78 is 0. The third kappa shape index (κ3) is 2.44. The van der Waals surface area contributed by atoms with Crippen LogP contribution in [0.25, 0.3) is 0 Å². The van der Waals surface area contributed by atoms with Gasteiger partial charge in [-0.3, -0.25) is 24.7 Å². The van der Waals surface area contributed by atoms with Crippen LogP contribution in [0.3, 0.4) is 0 Å². The zero-order valence-corrected chi connectivity index (χ0v) is 11.7. The van der Waals surface area contributed by atoms with Crippen molar-refractivity contribution in [2.75, 3.05) is 5.32 Å². The van der Waals surface area contributed by atoms with Gasteiger partial charge < -0.3 is 10.4 Å². The molecule has 0 aliphatic carbocycles. The summed E-state index contributed by atoms with van der Waals surface area (Å²) in [6.07, 6.45) is 2.33. The van der Waals surface area contributed by atoms with E-state index in [2.05, 4.69) is 10.3 Å². The number of ketones is 1. The number of nitro benzene ring substituents is 1. The summed E-state index contributed by atoms with van der Waals surface area (Å²) in [5, 5.41) is 24.0. The van der Waals surface area contributed by atoms with Gasteiger partial charge in [-0.05, 0) is 18.2 Å². The standard InChI is InChI=1S/C15H11N3O5/c19-13(9-3-5-16-6-4-9)8-15(21)11-7-10(18(22)23)1-2-12(11)17-14(15)20/h1-7,21H,8H2,(H,17,20)/t15-/m1/s1. The van der Waals surface area contributed by atoms with Crippen molar-refractivity contribution in [3.63, 3.8) is 0 Å². The molecule has 0 saturated carbocycles. The molecule has 1 atom stereocenters. The van der Waals surface area contributed by atoms with Crippen LogP contribution < -0.4 is 5.32 Å². The van der Waals surface area contributed by atoms with Crippen molar-refractivity contribution in [1.29, 1.82) is 0 Å². The van der Waals surface area contributed by atoms with Crippen LogP contribution in [0.5, 0.6) is 0 Å². The number of rotatable bonds is 4. The highest BCUT2D eigenvalue weighted by Gasteiger charge is 2.47. The van der Waals surface area contributed by atoms with Crippen LogP contribution in [0, 0.1) is 10.1 Å². The number of nitro groups is 1. The van der Waals surface area contributed by atoms with E-state index in [0.29, 0.717) is 5.56 Å². The Bertz CT molecular complexity index is 821. The summed E-state index contributed by atoms with van der Waals surface area (Å²) in [6.45, 7) is 0. The molecule has 2 heterocycles. The molecular weight excluding hydrogens is 302 g/mol.